The highest BCUT2D eigenvalue weighted by Crippen LogP contribution is 2.21. The van der Waals surface area contributed by atoms with Gasteiger partial charge in [0.25, 0.3) is 5.91 Å². The van der Waals surface area contributed by atoms with Crippen LogP contribution < -0.4 is 0 Å². The summed E-state index contributed by atoms with van der Waals surface area (Å²) >= 11 is 0. The maximum atomic E-state index is 12.6. The molecule has 108 valence electrons. The summed E-state index contributed by atoms with van der Waals surface area (Å²) < 4.78 is 4.71. The van der Waals surface area contributed by atoms with E-state index in [-0.39, 0.29) is 24.1 Å². The predicted molar refractivity (Wildman–Crippen MR) is 73.5 cm³/mol. The van der Waals surface area contributed by atoms with E-state index < -0.39 is 5.97 Å². The monoisotopic (exact) mass is 277 g/mol. The Hall–Kier alpha value is -1.88. The van der Waals surface area contributed by atoms with E-state index in [4.69, 9.17) is 4.74 Å². The Balaban J connectivity index is 2.30. The molecule has 1 saturated heterocycles. The average molecular weight is 277 g/mol. The van der Waals surface area contributed by atoms with E-state index in [0.29, 0.717) is 12.1 Å². The normalized spacial score (nSPS) is 18.7. The highest BCUT2D eigenvalue weighted by Gasteiger charge is 2.29. The lowest BCUT2D eigenvalue weighted by Gasteiger charge is -2.35. The summed E-state index contributed by atoms with van der Waals surface area (Å²) in [4.78, 5) is 26.0. The highest BCUT2D eigenvalue weighted by atomic mass is 16.5. The fraction of sp³-hybridized carbons (Fsp3) is 0.467. The second-order valence-corrected chi connectivity index (χ2v) is 4.87. The number of carbonyl (C=O) groups excluding carboxylic acids is 2. The van der Waals surface area contributed by atoms with Crippen LogP contribution in [0.2, 0.25) is 0 Å². The van der Waals surface area contributed by atoms with Gasteiger partial charge in [0, 0.05) is 6.54 Å². The highest BCUT2D eigenvalue weighted by molar-refractivity contribution is 6.05. The summed E-state index contributed by atoms with van der Waals surface area (Å²) in [5.41, 5.74) is 0.599. The third kappa shape index (κ3) is 2.82. The number of rotatable bonds is 3. The lowest BCUT2D eigenvalue weighted by molar-refractivity contribution is 0.0488. The third-order valence-corrected chi connectivity index (χ3v) is 3.66. The van der Waals surface area contributed by atoms with Crippen molar-refractivity contribution in [3.05, 3.63) is 35.4 Å². The minimum atomic E-state index is -0.522. The van der Waals surface area contributed by atoms with E-state index in [1.165, 1.54) is 7.11 Å². The van der Waals surface area contributed by atoms with Crippen molar-refractivity contribution in [3.8, 4) is 0 Å². The maximum Gasteiger partial charge on any atom is 0.338 e. The number of carbonyl (C=O) groups is 2. The summed E-state index contributed by atoms with van der Waals surface area (Å²) in [6, 6.07) is 6.46. The molecule has 0 saturated carbocycles. The molecule has 0 radical (unpaired) electrons. The van der Waals surface area contributed by atoms with Crippen molar-refractivity contribution < 1.29 is 19.4 Å². The Morgan fingerprint density at radius 3 is 2.65 bits per heavy atom. The number of aliphatic hydroxyl groups excluding tert-OH is 1. The molecule has 0 spiro atoms. The molecule has 1 aliphatic heterocycles. The fourth-order valence-corrected chi connectivity index (χ4v) is 2.57. The zero-order valence-corrected chi connectivity index (χ0v) is 11.5. The molecule has 20 heavy (non-hydrogen) atoms. The van der Waals surface area contributed by atoms with Gasteiger partial charge in [0.2, 0.25) is 0 Å². The summed E-state index contributed by atoms with van der Waals surface area (Å²) in [7, 11) is 1.29. The Morgan fingerprint density at radius 2 is 2.00 bits per heavy atom. The summed E-state index contributed by atoms with van der Waals surface area (Å²) in [5, 5.41) is 9.40. The van der Waals surface area contributed by atoms with Gasteiger partial charge in [-0.25, -0.2) is 4.79 Å². The molecule has 1 heterocycles. The van der Waals surface area contributed by atoms with Crippen LogP contribution in [0.15, 0.2) is 24.3 Å². The molecule has 0 bridgehead atoms. The first-order valence-electron chi connectivity index (χ1n) is 6.78. The van der Waals surface area contributed by atoms with Crippen molar-refractivity contribution >= 4 is 11.9 Å². The molecule has 5 heteroatoms. The van der Waals surface area contributed by atoms with Crippen molar-refractivity contribution in [3.63, 3.8) is 0 Å². The number of piperidine rings is 1. The summed E-state index contributed by atoms with van der Waals surface area (Å²) in [5.74, 6) is -0.740. The number of nitrogens with zero attached hydrogens (tertiary/aromatic N) is 1. The van der Waals surface area contributed by atoms with Gasteiger partial charge in [0.15, 0.2) is 0 Å². The molecule has 1 aromatic carbocycles. The molecule has 0 aliphatic carbocycles. The Morgan fingerprint density at radius 1 is 1.30 bits per heavy atom. The SMILES string of the molecule is COC(=O)c1ccccc1C(=O)N1CCCC[C@H]1CO. The van der Waals surface area contributed by atoms with Gasteiger partial charge in [-0.1, -0.05) is 12.1 Å². The number of hydrogen-bond acceptors (Lipinski definition) is 4. The Kier molecular flexibility index (Phi) is 4.74. The first-order valence-corrected chi connectivity index (χ1v) is 6.78. The van der Waals surface area contributed by atoms with Crippen LogP contribution >= 0.6 is 0 Å². The van der Waals surface area contributed by atoms with Gasteiger partial charge in [-0.05, 0) is 31.4 Å². The van der Waals surface area contributed by atoms with Crippen molar-refractivity contribution in [2.75, 3.05) is 20.3 Å². The van der Waals surface area contributed by atoms with E-state index in [9.17, 15) is 14.7 Å². The van der Waals surface area contributed by atoms with Crippen LogP contribution in [-0.2, 0) is 4.74 Å². The van der Waals surface area contributed by atoms with E-state index in [1.54, 1.807) is 29.2 Å². The standard InChI is InChI=1S/C15H19NO4/c1-20-15(19)13-8-3-2-7-12(13)14(18)16-9-5-4-6-11(16)10-17/h2-3,7-8,11,17H,4-6,9-10H2,1H3/t11-/m0/s1. The smallest absolute Gasteiger partial charge is 0.338 e. The zero-order chi connectivity index (χ0) is 14.5. The van der Waals surface area contributed by atoms with Crippen LogP contribution in [0.1, 0.15) is 40.0 Å². The molecule has 1 atom stereocenters. The number of benzene rings is 1. The van der Waals surface area contributed by atoms with Crippen LogP contribution in [0.4, 0.5) is 0 Å². The van der Waals surface area contributed by atoms with Crippen molar-refractivity contribution in [1.82, 2.24) is 4.90 Å². The third-order valence-electron chi connectivity index (χ3n) is 3.66. The number of ether oxygens (including phenoxy) is 1. The quantitative estimate of drug-likeness (QED) is 0.849. The lowest BCUT2D eigenvalue weighted by atomic mass is 9.99. The Bertz CT molecular complexity index is 500. The minimum absolute atomic E-state index is 0.0495. The van der Waals surface area contributed by atoms with Gasteiger partial charge in [-0.2, -0.15) is 0 Å². The van der Waals surface area contributed by atoms with Crippen LogP contribution in [0.5, 0.6) is 0 Å². The molecule has 1 fully saturated rings. The van der Waals surface area contributed by atoms with E-state index in [0.717, 1.165) is 19.3 Å². The fourth-order valence-electron chi connectivity index (χ4n) is 2.57. The number of aliphatic hydroxyl groups is 1. The number of hydrogen-bond donors (Lipinski definition) is 1. The van der Waals surface area contributed by atoms with Gasteiger partial charge >= 0.3 is 5.97 Å². The average Bonchev–Trinajstić information content (AvgIpc) is 2.53. The Labute approximate surface area is 118 Å². The number of amides is 1. The molecule has 0 aromatic heterocycles. The van der Waals surface area contributed by atoms with Gasteiger partial charge in [-0.3, -0.25) is 4.79 Å². The van der Waals surface area contributed by atoms with Crippen LogP contribution in [0.3, 0.4) is 0 Å². The molecule has 1 aliphatic rings. The van der Waals surface area contributed by atoms with E-state index in [2.05, 4.69) is 0 Å². The van der Waals surface area contributed by atoms with Gasteiger partial charge < -0.3 is 14.7 Å². The molecule has 1 N–H and O–H groups in total. The molecular weight excluding hydrogens is 258 g/mol. The van der Waals surface area contributed by atoms with Gasteiger partial charge in [0.05, 0.1) is 30.9 Å². The second-order valence-electron chi connectivity index (χ2n) is 4.87. The second kappa shape index (κ2) is 6.52. The molecule has 2 rings (SSSR count). The summed E-state index contributed by atoms with van der Waals surface area (Å²) in [6.07, 6.45) is 2.72. The molecular formula is C15H19NO4. The number of esters is 1. The zero-order valence-electron chi connectivity index (χ0n) is 11.5. The topological polar surface area (TPSA) is 66.8 Å². The molecule has 0 unspecified atom stereocenters. The first-order chi connectivity index (χ1) is 9.69. The molecule has 1 amide bonds. The molecule has 5 nitrogen and oxygen atoms in total. The molecule has 1 aromatic rings. The van der Waals surface area contributed by atoms with Crippen LogP contribution in [-0.4, -0.2) is 48.2 Å². The number of methoxy groups -OCH3 is 1. The minimum Gasteiger partial charge on any atom is -0.465 e. The number of likely N-dealkylation sites (tertiary alicyclic amines) is 1. The van der Waals surface area contributed by atoms with Crippen LogP contribution in [0, 0.1) is 0 Å². The summed E-state index contributed by atoms with van der Waals surface area (Å²) in [6.45, 7) is 0.561. The largest absolute Gasteiger partial charge is 0.465 e. The van der Waals surface area contributed by atoms with Crippen molar-refractivity contribution in [1.29, 1.82) is 0 Å². The van der Waals surface area contributed by atoms with E-state index >= 15 is 0 Å². The van der Waals surface area contributed by atoms with Crippen LogP contribution in [0.25, 0.3) is 0 Å². The first kappa shape index (κ1) is 14.5. The van der Waals surface area contributed by atoms with Crippen molar-refractivity contribution in [2.24, 2.45) is 0 Å². The van der Waals surface area contributed by atoms with Gasteiger partial charge in [0.1, 0.15) is 0 Å². The predicted octanol–water partition coefficient (Wildman–Crippen LogP) is 1.46. The van der Waals surface area contributed by atoms with E-state index in [1.807, 2.05) is 0 Å². The van der Waals surface area contributed by atoms with Gasteiger partial charge in [-0.15, -0.1) is 0 Å². The van der Waals surface area contributed by atoms with Crippen molar-refractivity contribution in [2.45, 2.75) is 25.3 Å². The maximum absolute atomic E-state index is 12.6. The lowest BCUT2D eigenvalue weighted by Crippen LogP contribution is -2.46.